The fourth-order valence-electron chi connectivity index (χ4n) is 2.56. The van der Waals surface area contributed by atoms with Crippen LogP contribution in [0.15, 0.2) is 42.6 Å². The van der Waals surface area contributed by atoms with E-state index in [0.29, 0.717) is 11.6 Å². The van der Waals surface area contributed by atoms with Crippen LogP contribution in [0.1, 0.15) is 36.6 Å². The Kier molecular flexibility index (Phi) is 5.58. The van der Waals surface area contributed by atoms with Crippen molar-refractivity contribution in [1.29, 1.82) is 0 Å². The molecule has 24 heavy (non-hydrogen) atoms. The van der Waals surface area contributed by atoms with Gasteiger partial charge in [-0.3, -0.25) is 4.79 Å². The summed E-state index contributed by atoms with van der Waals surface area (Å²) in [6.45, 7) is 6.27. The molecule has 0 atom stereocenters. The van der Waals surface area contributed by atoms with Gasteiger partial charge in [0, 0.05) is 23.7 Å². The predicted molar refractivity (Wildman–Crippen MR) is 95.0 cm³/mol. The van der Waals surface area contributed by atoms with Gasteiger partial charge in [-0.1, -0.05) is 32.0 Å². The molecule has 0 spiro atoms. The molecule has 1 aromatic heterocycles. The molecule has 0 saturated carbocycles. The van der Waals surface area contributed by atoms with Crippen LogP contribution in [0.3, 0.4) is 0 Å². The topological polar surface area (TPSA) is 71.3 Å². The molecule has 2 aromatic rings. The highest BCUT2D eigenvalue weighted by Crippen LogP contribution is 2.27. The molecule has 1 heterocycles. The number of nitrogens with one attached hydrogen (secondary N) is 1. The molecular weight excluding hydrogens is 304 g/mol. The van der Waals surface area contributed by atoms with E-state index in [1.807, 2.05) is 25.1 Å². The molecule has 5 heteroatoms. The number of carboxylic acids is 1. The van der Waals surface area contributed by atoms with Gasteiger partial charge in [-0.15, -0.1) is 0 Å². The molecule has 0 aliphatic carbocycles. The Morgan fingerprint density at radius 2 is 2.00 bits per heavy atom. The van der Waals surface area contributed by atoms with Gasteiger partial charge < -0.3 is 15.0 Å². The van der Waals surface area contributed by atoms with Crippen molar-refractivity contribution in [3.05, 3.63) is 59.4 Å². The summed E-state index contributed by atoms with van der Waals surface area (Å²) in [7, 11) is 0. The minimum Gasteiger partial charge on any atom is -0.478 e. The molecule has 126 valence electrons. The van der Waals surface area contributed by atoms with E-state index < -0.39 is 5.97 Å². The number of carbonyl (C=O) groups excluding carboxylic acids is 1. The first-order valence-corrected chi connectivity index (χ1v) is 7.84. The number of aliphatic carboxylic acids is 1. The smallest absolute Gasteiger partial charge is 0.328 e. The Balaban J connectivity index is 2.16. The summed E-state index contributed by atoms with van der Waals surface area (Å²) in [5.41, 5.74) is 3.64. The lowest BCUT2D eigenvalue weighted by Crippen LogP contribution is -2.20. The van der Waals surface area contributed by atoms with Crippen LogP contribution in [-0.4, -0.2) is 21.6 Å². The number of aryl methyl sites for hydroxylation is 1. The second kappa shape index (κ2) is 7.64. The number of anilines is 1. The van der Waals surface area contributed by atoms with E-state index in [9.17, 15) is 9.59 Å². The van der Waals surface area contributed by atoms with Gasteiger partial charge in [0.15, 0.2) is 0 Å². The quantitative estimate of drug-likeness (QED) is 0.796. The monoisotopic (exact) mass is 326 g/mol. The van der Waals surface area contributed by atoms with E-state index >= 15 is 0 Å². The number of carbonyl (C=O) groups is 2. The average Bonchev–Trinajstić information content (AvgIpc) is 2.94. The van der Waals surface area contributed by atoms with Crippen LogP contribution < -0.4 is 5.32 Å². The van der Waals surface area contributed by atoms with Gasteiger partial charge in [0.25, 0.3) is 0 Å². The fourth-order valence-corrected chi connectivity index (χ4v) is 2.56. The zero-order valence-corrected chi connectivity index (χ0v) is 14.1. The number of carboxylic acid groups (broad SMARTS) is 1. The number of aromatic nitrogens is 1. The third-order valence-corrected chi connectivity index (χ3v) is 3.77. The van der Waals surface area contributed by atoms with E-state index in [2.05, 4.69) is 19.2 Å². The van der Waals surface area contributed by atoms with Crippen LogP contribution in [-0.2, 0) is 16.1 Å². The fraction of sp³-hybridized carbons (Fsp3) is 0.263. The highest BCUT2D eigenvalue weighted by Gasteiger charge is 2.12. The lowest BCUT2D eigenvalue weighted by molar-refractivity contribution is -0.131. The van der Waals surface area contributed by atoms with Crippen molar-refractivity contribution in [1.82, 2.24) is 4.57 Å². The average molecular weight is 326 g/mol. The van der Waals surface area contributed by atoms with Gasteiger partial charge in [0.1, 0.15) is 6.54 Å². The maximum absolute atomic E-state index is 12.4. The van der Waals surface area contributed by atoms with E-state index in [1.165, 1.54) is 6.08 Å². The summed E-state index contributed by atoms with van der Waals surface area (Å²) in [6, 6.07) is 9.52. The summed E-state index contributed by atoms with van der Waals surface area (Å²) >= 11 is 0. The molecule has 1 aromatic carbocycles. The maximum Gasteiger partial charge on any atom is 0.328 e. The molecule has 0 unspecified atom stereocenters. The molecule has 5 nitrogen and oxygen atoms in total. The van der Waals surface area contributed by atoms with E-state index in [0.717, 1.165) is 22.9 Å². The Morgan fingerprint density at radius 3 is 2.67 bits per heavy atom. The minimum absolute atomic E-state index is 0.123. The van der Waals surface area contributed by atoms with Crippen LogP contribution in [0, 0.1) is 6.92 Å². The number of nitrogens with zero attached hydrogens (tertiary/aromatic N) is 1. The van der Waals surface area contributed by atoms with E-state index in [-0.39, 0.29) is 12.5 Å². The molecule has 0 fully saturated rings. The van der Waals surface area contributed by atoms with Gasteiger partial charge in [0.2, 0.25) is 5.91 Å². The van der Waals surface area contributed by atoms with Gasteiger partial charge in [-0.2, -0.15) is 0 Å². The van der Waals surface area contributed by atoms with Crippen LogP contribution in [0.2, 0.25) is 0 Å². The number of hydrogen-bond acceptors (Lipinski definition) is 2. The Hall–Kier alpha value is -2.82. The predicted octanol–water partition coefficient (Wildman–Crippen LogP) is 3.66. The maximum atomic E-state index is 12.4. The van der Waals surface area contributed by atoms with Crippen molar-refractivity contribution >= 4 is 23.6 Å². The molecule has 1 amide bonds. The van der Waals surface area contributed by atoms with Crippen molar-refractivity contribution in [3.8, 4) is 0 Å². The van der Waals surface area contributed by atoms with Crippen molar-refractivity contribution in [2.75, 3.05) is 5.32 Å². The molecule has 0 bridgehead atoms. The number of benzene rings is 1. The van der Waals surface area contributed by atoms with Crippen LogP contribution in [0.25, 0.3) is 6.08 Å². The molecule has 0 saturated heterocycles. The zero-order chi connectivity index (χ0) is 17.7. The van der Waals surface area contributed by atoms with Crippen molar-refractivity contribution in [3.63, 3.8) is 0 Å². The second-order valence-electron chi connectivity index (χ2n) is 5.97. The second-order valence-corrected chi connectivity index (χ2v) is 5.97. The summed E-state index contributed by atoms with van der Waals surface area (Å²) in [6.07, 6.45) is 4.28. The first-order valence-electron chi connectivity index (χ1n) is 7.84. The lowest BCUT2D eigenvalue weighted by Gasteiger charge is -2.17. The van der Waals surface area contributed by atoms with Crippen LogP contribution in [0.5, 0.6) is 0 Å². The Labute approximate surface area is 141 Å². The van der Waals surface area contributed by atoms with Gasteiger partial charge in [-0.25, -0.2) is 4.79 Å². The lowest BCUT2D eigenvalue weighted by atomic mass is 9.98. The number of rotatable bonds is 6. The summed E-state index contributed by atoms with van der Waals surface area (Å²) in [5.74, 6) is -0.859. The summed E-state index contributed by atoms with van der Waals surface area (Å²) < 4.78 is 1.71. The van der Waals surface area contributed by atoms with Gasteiger partial charge in [0.05, 0.1) is 0 Å². The van der Waals surface area contributed by atoms with Gasteiger partial charge >= 0.3 is 5.97 Å². The molecular formula is C19H22N2O3. The largest absolute Gasteiger partial charge is 0.478 e. The normalized spacial score (nSPS) is 11.2. The number of para-hydroxylation sites is 1. The van der Waals surface area contributed by atoms with Crippen LogP contribution >= 0.6 is 0 Å². The summed E-state index contributed by atoms with van der Waals surface area (Å²) in [5, 5.41) is 11.7. The van der Waals surface area contributed by atoms with Gasteiger partial charge in [-0.05, 0) is 42.2 Å². The standard InChI is InChI=1S/C19H22N2O3/c1-13(2)16-8-4-6-14(3)19(16)20-17(22)12-21-11-5-7-15(21)9-10-18(23)24/h4-11,13H,12H2,1-3H3,(H,20,22)(H,23,24)/b10-9+. The highest BCUT2D eigenvalue weighted by atomic mass is 16.4. The molecule has 0 aliphatic rings. The number of hydrogen-bond donors (Lipinski definition) is 2. The van der Waals surface area contributed by atoms with E-state index in [4.69, 9.17) is 5.11 Å². The first-order chi connectivity index (χ1) is 11.4. The Morgan fingerprint density at radius 1 is 1.25 bits per heavy atom. The Bertz CT molecular complexity index is 773. The van der Waals surface area contributed by atoms with Crippen LogP contribution in [0.4, 0.5) is 5.69 Å². The molecule has 2 rings (SSSR count). The van der Waals surface area contributed by atoms with Crippen molar-refractivity contribution in [2.45, 2.75) is 33.2 Å². The highest BCUT2D eigenvalue weighted by molar-refractivity contribution is 5.92. The van der Waals surface area contributed by atoms with Crippen molar-refractivity contribution in [2.24, 2.45) is 0 Å². The molecule has 0 radical (unpaired) electrons. The van der Waals surface area contributed by atoms with Crippen molar-refractivity contribution < 1.29 is 14.7 Å². The first kappa shape index (κ1) is 17.5. The molecule has 2 N–H and O–H groups in total. The number of amides is 1. The molecule has 0 aliphatic heterocycles. The zero-order valence-electron chi connectivity index (χ0n) is 14.1. The SMILES string of the molecule is Cc1cccc(C(C)C)c1NC(=O)Cn1cccc1/C=C/C(=O)O. The minimum atomic E-state index is -1.02. The third-order valence-electron chi connectivity index (χ3n) is 3.77. The third kappa shape index (κ3) is 4.35. The summed E-state index contributed by atoms with van der Waals surface area (Å²) in [4.78, 5) is 23.1. The van der Waals surface area contributed by atoms with E-state index in [1.54, 1.807) is 22.9 Å².